The zero-order chi connectivity index (χ0) is 20.8. The number of benzene rings is 2. The maximum atomic E-state index is 12.5. The lowest BCUT2D eigenvalue weighted by molar-refractivity contribution is -0.142. The smallest absolute Gasteiger partial charge is 0.338 e. The Morgan fingerprint density at radius 1 is 1.14 bits per heavy atom. The summed E-state index contributed by atoms with van der Waals surface area (Å²) in [7, 11) is 0. The van der Waals surface area contributed by atoms with E-state index in [0.717, 1.165) is 11.6 Å². The van der Waals surface area contributed by atoms with E-state index < -0.39 is 36.3 Å². The highest BCUT2D eigenvalue weighted by Crippen LogP contribution is 2.29. The summed E-state index contributed by atoms with van der Waals surface area (Å²) in [5.41, 5.74) is 1.75. The normalized spacial score (nSPS) is 17.2. The Balaban J connectivity index is 1.89. The molecule has 0 aromatic heterocycles. The number of ketones is 2. The van der Waals surface area contributed by atoms with Gasteiger partial charge in [0.1, 0.15) is 12.4 Å². The maximum absolute atomic E-state index is 12.5. The van der Waals surface area contributed by atoms with Crippen LogP contribution in [0.5, 0.6) is 0 Å². The fourth-order valence-corrected chi connectivity index (χ4v) is 3.00. The van der Waals surface area contributed by atoms with E-state index >= 15 is 0 Å². The molecule has 0 amide bonds. The molecule has 7 heteroatoms. The van der Waals surface area contributed by atoms with Crippen molar-refractivity contribution in [3.63, 3.8) is 0 Å². The van der Waals surface area contributed by atoms with Gasteiger partial charge in [0, 0.05) is 11.8 Å². The third-order valence-corrected chi connectivity index (χ3v) is 4.41. The lowest BCUT2D eigenvalue weighted by atomic mass is 9.94. The van der Waals surface area contributed by atoms with E-state index in [4.69, 9.17) is 9.47 Å². The Kier molecular flexibility index (Phi) is 6.41. The number of aliphatic hydroxyl groups is 1. The summed E-state index contributed by atoms with van der Waals surface area (Å²) in [5, 5.41) is 12.6. The minimum absolute atomic E-state index is 0.0417. The van der Waals surface area contributed by atoms with Gasteiger partial charge in [-0.2, -0.15) is 0 Å². The third-order valence-electron chi connectivity index (χ3n) is 4.41. The highest BCUT2D eigenvalue weighted by Gasteiger charge is 2.38. The van der Waals surface area contributed by atoms with Crippen molar-refractivity contribution in [3.8, 4) is 0 Å². The summed E-state index contributed by atoms with van der Waals surface area (Å²) in [6.07, 6.45) is -0.128. The number of hydrogen-bond donors (Lipinski definition) is 2. The Bertz CT molecular complexity index is 920. The number of hydrogen-bond acceptors (Lipinski definition) is 7. The van der Waals surface area contributed by atoms with Crippen molar-refractivity contribution >= 4 is 23.2 Å². The van der Waals surface area contributed by atoms with Gasteiger partial charge in [-0.05, 0) is 36.8 Å². The molecule has 7 nitrogen and oxygen atoms in total. The van der Waals surface area contributed by atoms with Crippen LogP contribution in [0.15, 0.2) is 66.4 Å². The molecule has 0 aliphatic carbocycles. The van der Waals surface area contributed by atoms with Crippen LogP contribution in [-0.4, -0.2) is 42.0 Å². The molecule has 2 N–H and O–H groups in total. The Hall–Kier alpha value is -3.45. The van der Waals surface area contributed by atoms with Crippen molar-refractivity contribution in [2.75, 3.05) is 18.5 Å². The first kappa shape index (κ1) is 20.3. The number of allylic oxidation sites excluding steroid dienone is 1. The predicted octanol–water partition coefficient (Wildman–Crippen LogP) is 2.43. The van der Waals surface area contributed by atoms with E-state index in [1.165, 1.54) is 0 Å². The summed E-state index contributed by atoms with van der Waals surface area (Å²) in [5.74, 6) is -1.80. The van der Waals surface area contributed by atoms with E-state index in [0.29, 0.717) is 11.3 Å². The van der Waals surface area contributed by atoms with Gasteiger partial charge in [-0.1, -0.05) is 30.3 Å². The van der Waals surface area contributed by atoms with Crippen LogP contribution >= 0.6 is 0 Å². The Labute approximate surface area is 167 Å². The van der Waals surface area contributed by atoms with Crippen LogP contribution in [0.2, 0.25) is 0 Å². The van der Waals surface area contributed by atoms with Crippen LogP contribution in [0.3, 0.4) is 0 Å². The van der Waals surface area contributed by atoms with Crippen LogP contribution in [0.25, 0.3) is 0 Å². The molecule has 0 saturated carbocycles. The Morgan fingerprint density at radius 2 is 1.83 bits per heavy atom. The Morgan fingerprint density at radius 3 is 2.45 bits per heavy atom. The minimum Gasteiger partial charge on any atom is -0.481 e. The quantitative estimate of drug-likeness (QED) is 0.548. The first-order valence-electron chi connectivity index (χ1n) is 9.18. The number of rotatable bonds is 7. The van der Waals surface area contributed by atoms with Crippen molar-refractivity contribution in [1.82, 2.24) is 0 Å². The number of nitrogens with one attached hydrogen (secondary N) is 1. The number of ether oxygens (including phenoxy) is 2. The van der Waals surface area contributed by atoms with Gasteiger partial charge in [-0.15, -0.1) is 0 Å². The maximum Gasteiger partial charge on any atom is 0.338 e. The second-order valence-corrected chi connectivity index (χ2v) is 6.37. The van der Waals surface area contributed by atoms with Gasteiger partial charge in [-0.3, -0.25) is 9.59 Å². The molecule has 0 saturated heterocycles. The number of esters is 1. The van der Waals surface area contributed by atoms with Gasteiger partial charge in [0.2, 0.25) is 11.6 Å². The summed E-state index contributed by atoms with van der Waals surface area (Å²) < 4.78 is 10.6. The van der Waals surface area contributed by atoms with Gasteiger partial charge in [0.25, 0.3) is 0 Å². The van der Waals surface area contributed by atoms with E-state index in [9.17, 15) is 19.5 Å². The molecule has 3 rings (SSSR count). The van der Waals surface area contributed by atoms with Gasteiger partial charge in [0.05, 0.1) is 18.2 Å². The molecule has 0 spiro atoms. The monoisotopic (exact) mass is 395 g/mol. The van der Waals surface area contributed by atoms with Crippen LogP contribution in [0.1, 0.15) is 28.9 Å². The van der Waals surface area contributed by atoms with E-state index in [1.54, 1.807) is 31.2 Å². The SMILES string of the molecule is CCOC(=O)c1ccc(NC(c2ccccc2)C2OC(CO)=CC(=O)C2=O)cc1. The van der Waals surface area contributed by atoms with E-state index in [2.05, 4.69) is 5.32 Å². The molecule has 1 heterocycles. The molecule has 1 aliphatic rings. The lowest BCUT2D eigenvalue weighted by Gasteiger charge is -2.31. The second-order valence-electron chi connectivity index (χ2n) is 6.37. The van der Waals surface area contributed by atoms with Crippen molar-refractivity contribution in [2.24, 2.45) is 0 Å². The van der Waals surface area contributed by atoms with Crippen LogP contribution in [0, 0.1) is 0 Å². The standard InChI is InChI=1S/C22H21NO6/c1-2-28-22(27)15-8-10-16(11-9-15)23-19(14-6-4-3-5-7-14)21-20(26)18(25)12-17(13-24)29-21/h3-12,19,21,23-24H,2,13H2,1H3. The van der Waals surface area contributed by atoms with Crippen LogP contribution in [-0.2, 0) is 19.1 Å². The summed E-state index contributed by atoms with van der Waals surface area (Å²) in [6, 6.07) is 15.0. The molecule has 2 aromatic carbocycles. The molecule has 29 heavy (non-hydrogen) atoms. The zero-order valence-corrected chi connectivity index (χ0v) is 15.8. The summed E-state index contributed by atoms with van der Waals surface area (Å²) in [4.78, 5) is 36.4. The second kappa shape index (κ2) is 9.16. The number of carbonyl (C=O) groups excluding carboxylic acids is 3. The van der Waals surface area contributed by atoms with Crippen molar-refractivity contribution in [3.05, 3.63) is 77.6 Å². The lowest BCUT2D eigenvalue weighted by Crippen LogP contribution is -2.42. The molecule has 2 atom stereocenters. The van der Waals surface area contributed by atoms with E-state index in [-0.39, 0.29) is 12.4 Å². The number of carbonyl (C=O) groups is 3. The molecule has 1 aliphatic heterocycles. The molecule has 0 bridgehead atoms. The summed E-state index contributed by atoms with van der Waals surface area (Å²) >= 11 is 0. The van der Waals surface area contributed by atoms with Gasteiger partial charge in [-0.25, -0.2) is 4.79 Å². The van der Waals surface area contributed by atoms with Crippen molar-refractivity contribution < 1.29 is 29.0 Å². The fraction of sp³-hybridized carbons (Fsp3) is 0.227. The van der Waals surface area contributed by atoms with E-state index in [1.807, 2.05) is 30.3 Å². The molecule has 2 aromatic rings. The minimum atomic E-state index is -1.14. The zero-order valence-electron chi connectivity index (χ0n) is 15.8. The average Bonchev–Trinajstić information content (AvgIpc) is 2.75. The number of anilines is 1. The highest BCUT2D eigenvalue weighted by atomic mass is 16.5. The predicted molar refractivity (Wildman–Crippen MR) is 105 cm³/mol. The topological polar surface area (TPSA) is 102 Å². The molecule has 150 valence electrons. The number of aliphatic hydroxyl groups excluding tert-OH is 1. The molecule has 0 radical (unpaired) electrons. The van der Waals surface area contributed by atoms with Gasteiger partial charge in [0.15, 0.2) is 6.10 Å². The number of Topliss-reactive ketones (excluding diaryl/α,β-unsaturated/α-hetero) is 1. The molecular weight excluding hydrogens is 374 g/mol. The third kappa shape index (κ3) is 4.70. The first-order valence-corrected chi connectivity index (χ1v) is 9.18. The van der Waals surface area contributed by atoms with Crippen LogP contribution < -0.4 is 5.32 Å². The molecular formula is C22H21NO6. The highest BCUT2D eigenvalue weighted by molar-refractivity contribution is 6.44. The van der Waals surface area contributed by atoms with Gasteiger partial charge < -0.3 is 19.9 Å². The first-order chi connectivity index (χ1) is 14.0. The van der Waals surface area contributed by atoms with Gasteiger partial charge >= 0.3 is 5.97 Å². The summed E-state index contributed by atoms with van der Waals surface area (Å²) in [6.45, 7) is 1.53. The van der Waals surface area contributed by atoms with Crippen molar-refractivity contribution in [2.45, 2.75) is 19.1 Å². The largest absolute Gasteiger partial charge is 0.481 e. The molecule has 0 fully saturated rings. The van der Waals surface area contributed by atoms with Crippen LogP contribution in [0.4, 0.5) is 5.69 Å². The fourth-order valence-electron chi connectivity index (χ4n) is 3.00. The molecule has 2 unspecified atom stereocenters. The average molecular weight is 395 g/mol. The van der Waals surface area contributed by atoms with Crippen molar-refractivity contribution in [1.29, 1.82) is 0 Å².